The first kappa shape index (κ1) is 14.6. The van der Waals surface area contributed by atoms with Crippen molar-refractivity contribution in [2.45, 2.75) is 13.1 Å². The van der Waals surface area contributed by atoms with Crippen molar-refractivity contribution in [1.29, 1.82) is 0 Å². The molecule has 120 valence electrons. The summed E-state index contributed by atoms with van der Waals surface area (Å²) in [6.45, 7) is 1.66. The molecule has 4 rings (SSSR count). The van der Waals surface area contributed by atoms with E-state index in [9.17, 15) is 14.0 Å². The van der Waals surface area contributed by atoms with Gasteiger partial charge < -0.3 is 8.83 Å². The molecule has 0 bridgehead atoms. The first-order valence-corrected chi connectivity index (χ1v) is 7.45. The van der Waals surface area contributed by atoms with Crippen LogP contribution in [-0.4, -0.2) is 4.98 Å². The summed E-state index contributed by atoms with van der Waals surface area (Å²) in [6, 6.07) is 8.50. The molecule has 0 saturated heterocycles. The number of alkyl halides is 1. The number of halogens is 1. The number of rotatable bonds is 1. The van der Waals surface area contributed by atoms with E-state index >= 15 is 0 Å². The van der Waals surface area contributed by atoms with Gasteiger partial charge in [0.15, 0.2) is 0 Å². The molecule has 5 nitrogen and oxygen atoms in total. The minimum atomic E-state index is -1.48. The van der Waals surface area contributed by atoms with Gasteiger partial charge in [0.25, 0.3) is 0 Å². The van der Waals surface area contributed by atoms with Gasteiger partial charge >= 0.3 is 11.3 Å². The normalized spacial score (nSPS) is 19.4. The van der Waals surface area contributed by atoms with E-state index in [0.29, 0.717) is 11.0 Å². The maximum atomic E-state index is 14.2. The number of fused-ring (bicyclic) bond motifs is 2. The Kier molecular flexibility index (Phi) is 3.19. The second-order valence-electron chi connectivity index (χ2n) is 5.71. The Morgan fingerprint density at radius 1 is 1.12 bits per heavy atom. The molecule has 0 saturated carbocycles. The Bertz CT molecular complexity index is 1100. The van der Waals surface area contributed by atoms with Gasteiger partial charge in [0.05, 0.1) is 11.3 Å². The Morgan fingerprint density at radius 3 is 2.75 bits per heavy atom. The van der Waals surface area contributed by atoms with Gasteiger partial charge in [-0.05, 0) is 18.2 Å². The first-order chi connectivity index (χ1) is 11.5. The summed E-state index contributed by atoms with van der Waals surface area (Å²) >= 11 is 0. The molecule has 3 aromatic rings. The van der Waals surface area contributed by atoms with Crippen LogP contribution in [0.1, 0.15) is 24.4 Å². The van der Waals surface area contributed by atoms with Crippen molar-refractivity contribution in [3.63, 3.8) is 0 Å². The molecule has 0 radical (unpaired) electrons. The summed E-state index contributed by atoms with van der Waals surface area (Å²) in [6.07, 6.45) is 1.72. The van der Waals surface area contributed by atoms with Gasteiger partial charge in [0.2, 0.25) is 5.89 Å². The molecule has 6 heteroatoms. The van der Waals surface area contributed by atoms with Crippen LogP contribution in [0.5, 0.6) is 0 Å². The van der Waals surface area contributed by atoms with Crippen LogP contribution in [0.15, 0.2) is 54.8 Å². The van der Waals surface area contributed by atoms with Crippen LogP contribution in [0.25, 0.3) is 28.5 Å². The quantitative estimate of drug-likeness (QED) is 0.640. The number of benzene rings is 1. The van der Waals surface area contributed by atoms with Crippen molar-refractivity contribution in [3.8, 4) is 11.5 Å². The highest BCUT2D eigenvalue weighted by atomic mass is 19.1. The second kappa shape index (κ2) is 5.26. The van der Waals surface area contributed by atoms with E-state index in [0.717, 1.165) is 0 Å². The molecule has 0 fully saturated rings. The lowest BCUT2D eigenvalue weighted by molar-refractivity contribution is 0.268. The second-order valence-corrected chi connectivity index (χ2v) is 5.71. The van der Waals surface area contributed by atoms with E-state index in [1.165, 1.54) is 0 Å². The molecule has 1 aromatic carbocycles. The predicted octanol–water partition coefficient (Wildman–Crippen LogP) is 3.48. The highest BCUT2D eigenvalue weighted by Crippen LogP contribution is 2.32. The number of para-hydroxylation sites is 1. The molecule has 1 aliphatic rings. The van der Waals surface area contributed by atoms with Gasteiger partial charge in [-0.2, -0.15) is 0 Å². The highest BCUT2D eigenvalue weighted by molar-refractivity contribution is 5.80. The van der Waals surface area contributed by atoms with Crippen molar-refractivity contribution >= 4 is 17.0 Å². The molecule has 2 aromatic heterocycles. The highest BCUT2D eigenvalue weighted by Gasteiger charge is 2.29. The molecule has 24 heavy (non-hydrogen) atoms. The molecule has 1 aliphatic carbocycles. The zero-order valence-electron chi connectivity index (χ0n) is 12.7. The molecule has 2 atom stereocenters. The summed E-state index contributed by atoms with van der Waals surface area (Å²) in [5, 5.41) is 0.668. The Morgan fingerprint density at radius 2 is 1.92 bits per heavy atom. The van der Waals surface area contributed by atoms with E-state index in [2.05, 4.69) is 4.98 Å². The first-order valence-electron chi connectivity index (χ1n) is 7.45. The van der Waals surface area contributed by atoms with E-state index < -0.39 is 23.3 Å². The van der Waals surface area contributed by atoms with Crippen LogP contribution in [0, 0.1) is 5.92 Å². The largest absolute Gasteiger partial charge is 0.422 e. The van der Waals surface area contributed by atoms with E-state index in [1.54, 1.807) is 49.4 Å². The van der Waals surface area contributed by atoms with Gasteiger partial charge in [-0.3, -0.25) is 0 Å². The summed E-state index contributed by atoms with van der Waals surface area (Å²) in [4.78, 5) is 28.5. The molecule has 2 heterocycles. The fourth-order valence-corrected chi connectivity index (χ4v) is 2.75. The molecule has 0 spiro atoms. The fourth-order valence-electron chi connectivity index (χ4n) is 2.75. The van der Waals surface area contributed by atoms with Crippen LogP contribution in [-0.2, 0) is 0 Å². The van der Waals surface area contributed by atoms with E-state index in [1.807, 2.05) is 0 Å². The molecule has 0 amide bonds. The Hall–Kier alpha value is -3.02. The molecule has 0 aliphatic heterocycles. The summed E-state index contributed by atoms with van der Waals surface area (Å²) in [7, 11) is 0. The van der Waals surface area contributed by atoms with Gasteiger partial charge in [0.1, 0.15) is 17.3 Å². The lowest BCUT2D eigenvalue weighted by Gasteiger charge is -2.18. The van der Waals surface area contributed by atoms with Crippen LogP contribution >= 0.6 is 0 Å². The van der Waals surface area contributed by atoms with E-state index in [-0.39, 0.29) is 22.7 Å². The number of aromatic nitrogens is 1. The van der Waals surface area contributed by atoms with Crippen molar-refractivity contribution < 1.29 is 13.2 Å². The van der Waals surface area contributed by atoms with Gasteiger partial charge in [-0.25, -0.2) is 19.0 Å². The van der Waals surface area contributed by atoms with Crippen molar-refractivity contribution in [2.24, 2.45) is 5.92 Å². The number of nitrogens with zero attached hydrogens (tertiary/aromatic N) is 1. The third kappa shape index (κ3) is 2.19. The predicted molar refractivity (Wildman–Crippen MR) is 86.3 cm³/mol. The smallest absolute Gasteiger partial charge is 0.349 e. The Labute approximate surface area is 135 Å². The fraction of sp³-hybridized carbons (Fsp3) is 0.167. The third-order valence-corrected chi connectivity index (χ3v) is 4.07. The average Bonchev–Trinajstić information content (AvgIpc) is 2.57. The average molecular weight is 325 g/mol. The van der Waals surface area contributed by atoms with Crippen LogP contribution in [0.3, 0.4) is 0 Å². The lowest BCUT2D eigenvalue weighted by atomic mass is 9.93. The monoisotopic (exact) mass is 325 g/mol. The zero-order valence-corrected chi connectivity index (χ0v) is 12.7. The molecule has 0 N–H and O–H groups in total. The topological polar surface area (TPSA) is 73.3 Å². The van der Waals surface area contributed by atoms with Crippen molar-refractivity contribution in [3.05, 3.63) is 68.5 Å². The molecular weight excluding hydrogens is 313 g/mol. The third-order valence-electron chi connectivity index (χ3n) is 4.07. The summed E-state index contributed by atoms with van der Waals surface area (Å²) in [5.41, 5.74) is -0.987. The number of hydrogen-bond acceptors (Lipinski definition) is 5. The number of allylic oxidation sites excluding steroid dienone is 1. The van der Waals surface area contributed by atoms with E-state index in [4.69, 9.17) is 8.83 Å². The summed E-state index contributed by atoms with van der Waals surface area (Å²) < 4.78 is 24.6. The zero-order chi connectivity index (χ0) is 16.8. The lowest BCUT2D eigenvalue weighted by Crippen LogP contribution is -2.21. The van der Waals surface area contributed by atoms with Gasteiger partial charge in [-0.15, -0.1) is 0 Å². The standard InChI is InChI=1S/C18H12FNO4/c1-9-6-7-12-14(15(9)19)18(22)24-16(20-12)11-8-10-4-2-3-5-13(10)23-17(11)21/h2-9,15H,1H3. The van der Waals surface area contributed by atoms with Crippen LogP contribution in [0.4, 0.5) is 4.39 Å². The minimum absolute atomic E-state index is 0.0241. The summed E-state index contributed by atoms with van der Waals surface area (Å²) in [5.74, 6) is -0.608. The van der Waals surface area contributed by atoms with Crippen molar-refractivity contribution in [1.82, 2.24) is 4.98 Å². The Balaban J connectivity index is 1.95. The number of hydrogen-bond donors (Lipinski definition) is 0. The molecular formula is C18H12FNO4. The van der Waals surface area contributed by atoms with Crippen LogP contribution in [0.2, 0.25) is 0 Å². The van der Waals surface area contributed by atoms with Crippen molar-refractivity contribution in [2.75, 3.05) is 0 Å². The van der Waals surface area contributed by atoms with Gasteiger partial charge in [0, 0.05) is 11.3 Å². The molecule has 2 unspecified atom stereocenters. The maximum Gasteiger partial charge on any atom is 0.349 e. The maximum absolute atomic E-state index is 14.2. The SMILES string of the molecule is CC1C=Cc2nc(-c3cc4ccccc4oc3=O)oc(=O)c2C1F. The van der Waals surface area contributed by atoms with Gasteiger partial charge in [-0.1, -0.05) is 31.2 Å². The minimum Gasteiger partial charge on any atom is -0.422 e. The van der Waals surface area contributed by atoms with Crippen LogP contribution < -0.4 is 11.3 Å².